The number of hydrogen-bond donors (Lipinski definition) is 24. The van der Waals surface area contributed by atoms with Gasteiger partial charge >= 0.3 is 82.4 Å². The number of rotatable bonds is 8. The van der Waals surface area contributed by atoms with Crippen LogP contribution in [-0.2, 0) is 82.4 Å². The largest absolute Gasteiger partial charge is 0.380 e. The fourth-order valence-corrected chi connectivity index (χ4v) is 4.72. The Morgan fingerprint density at radius 3 is 0.297 bits per heavy atom. The van der Waals surface area contributed by atoms with Crippen LogP contribution in [0.4, 0.5) is 0 Å². The predicted octanol–water partition coefficient (Wildman–Crippen LogP) is -10.6. The summed E-state index contributed by atoms with van der Waals surface area (Å²) in [6.07, 6.45) is 0. The van der Waals surface area contributed by atoms with Gasteiger partial charge in [-0.3, -0.25) is 78.1 Å². The Bertz CT molecular complexity index is 2190. The molecule has 0 atom stereocenters. The van der Waals surface area contributed by atoms with Crippen molar-refractivity contribution >= 4 is 129 Å². The molecule has 0 bridgehead atoms. The van der Waals surface area contributed by atoms with Gasteiger partial charge in [-0.25, -0.2) is 43.8 Å². The molecule has 0 aromatic heterocycles. The quantitative estimate of drug-likeness (QED) is 0.0464. The number of hydroxylamine groups is 8. The van der Waals surface area contributed by atoms with Crippen molar-refractivity contribution in [3.8, 4) is 0 Å². The summed E-state index contributed by atoms with van der Waals surface area (Å²) in [4.78, 5) is 0. The van der Waals surface area contributed by atoms with Gasteiger partial charge < -0.3 is 0 Å². The lowest BCUT2D eigenvalue weighted by Gasteiger charge is -2.04. The average Bonchev–Trinajstić information content (AvgIpc) is 3.08. The first kappa shape index (κ1) is 65.3. The predicted molar refractivity (Wildman–Crippen MR) is 191 cm³/mol. The first-order valence-corrected chi connectivity index (χ1v) is 23.3. The van der Waals surface area contributed by atoms with Gasteiger partial charge in [-0.1, -0.05) is 0 Å². The topological polar surface area (TPSA) is 792 Å². The summed E-state index contributed by atoms with van der Waals surface area (Å²) in [6, 6.07) is 0. The van der Waals surface area contributed by atoms with E-state index in [0.29, 0.717) is 0 Å². The second-order valence-corrected chi connectivity index (χ2v) is 16.6. The van der Waals surface area contributed by atoms with E-state index in [4.69, 9.17) is 78.1 Å². The van der Waals surface area contributed by atoms with E-state index in [-0.39, 0.29) is 0 Å². The van der Waals surface area contributed by atoms with E-state index in [1.54, 1.807) is 0 Å². The van der Waals surface area contributed by atoms with E-state index >= 15 is 0 Å². The molecule has 0 fully saturated rings. The van der Waals surface area contributed by atoms with Crippen molar-refractivity contribution in [2.75, 3.05) is 0 Å². The van der Waals surface area contributed by atoms with Gasteiger partial charge in [0, 0.05) is 0 Å². The van der Waals surface area contributed by atoms with E-state index in [1.807, 2.05) is 0 Å². The van der Waals surface area contributed by atoms with Crippen LogP contribution in [0.5, 0.6) is 0 Å². The summed E-state index contributed by atoms with van der Waals surface area (Å²) in [6.45, 7) is 0. The van der Waals surface area contributed by atoms with Crippen molar-refractivity contribution in [3.63, 3.8) is 0 Å². The third-order valence-electron chi connectivity index (χ3n) is 3.40. The normalized spacial score (nSPS) is 14.8. The van der Waals surface area contributed by atoms with Crippen LogP contribution in [0.3, 0.4) is 0 Å². The van der Waals surface area contributed by atoms with Crippen molar-refractivity contribution in [3.05, 3.63) is 0 Å². The Morgan fingerprint density at radius 1 is 0.203 bits per heavy atom. The minimum atomic E-state index is -4.99. The minimum Gasteiger partial charge on any atom is -0.290 e. The maximum Gasteiger partial charge on any atom is 0.380 e. The third-order valence-corrected chi connectivity index (χ3v) is 6.70. The summed E-state index contributed by atoms with van der Waals surface area (Å²) < 4.78 is 248. The highest BCUT2D eigenvalue weighted by Gasteiger charge is 2.19. The molecule has 0 unspecified atom stereocenters. The molecule has 0 rings (SSSR count). The van der Waals surface area contributed by atoms with Crippen molar-refractivity contribution in [2.24, 2.45) is 35.2 Å². The zero-order valence-electron chi connectivity index (χ0n) is 28.5. The zero-order chi connectivity index (χ0) is 51.9. The lowest BCUT2D eigenvalue weighted by molar-refractivity contribution is 0.224. The molecule has 0 amide bonds. The fourth-order valence-electron chi connectivity index (χ4n) is 1.86. The molecule has 0 aliphatic rings. The molecule has 0 saturated carbocycles. The SMILES string of the molecule is O=S(=O)(O)/N=C(NO)/C(=N\S(=O)(=O)O)NO.O=S(=O)(O)/N=C(NO)/C(=N\S(=O)(=O)O)NO.O=S(=O)(O)/N=C(NO)/C(=N\S(=O)(=O)O)NO.O=S(=O)(O)/N=C(NO)/C(=N\S(=O)(=O)O)NO. The van der Waals surface area contributed by atoms with Crippen LogP contribution in [0.1, 0.15) is 0 Å². The van der Waals surface area contributed by atoms with Crippen LogP contribution >= 0.6 is 0 Å². The van der Waals surface area contributed by atoms with E-state index < -0.39 is 129 Å². The van der Waals surface area contributed by atoms with Gasteiger partial charge in [0.15, 0.2) is 0 Å². The molecule has 0 spiro atoms. The number of hydrogen-bond acceptors (Lipinski definition) is 24. The third kappa shape index (κ3) is 39.6. The Balaban J connectivity index is -0.000000375. The molecule has 0 aromatic carbocycles. The highest BCUT2D eigenvalue weighted by atomic mass is 32.3. The van der Waals surface area contributed by atoms with Gasteiger partial charge in [0.2, 0.25) is 46.7 Å². The summed E-state index contributed by atoms with van der Waals surface area (Å²) in [5, 5.41) is 66.6. The van der Waals surface area contributed by atoms with Crippen LogP contribution in [0.2, 0.25) is 0 Å². The number of nitrogens with one attached hydrogen (secondary N) is 8. The van der Waals surface area contributed by atoms with Crippen molar-refractivity contribution in [1.82, 2.24) is 43.8 Å². The van der Waals surface area contributed by atoms with Crippen molar-refractivity contribution < 1.29 is 145 Å². The average molecular weight is 1110 g/mol. The fraction of sp³-hybridized carbons (Fsp3) is 0. The van der Waals surface area contributed by atoms with Crippen LogP contribution in [0.25, 0.3) is 0 Å². The van der Waals surface area contributed by atoms with E-state index in [1.165, 1.54) is 0 Å². The molecule has 0 heterocycles. The maximum atomic E-state index is 10.2. The summed E-state index contributed by atoms with van der Waals surface area (Å²) in [7, 11) is -39.9. The molecule has 56 heteroatoms. The molecule has 48 nitrogen and oxygen atoms in total. The Labute approximate surface area is 352 Å². The molecule has 0 aliphatic heterocycles. The number of nitrogens with zero attached hydrogens (tertiary/aromatic N) is 8. The van der Waals surface area contributed by atoms with E-state index in [2.05, 4.69) is 35.2 Å². The zero-order valence-corrected chi connectivity index (χ0v) is 35.1. The molecule has 64 heavy (non-hydrogen) atoms. The first-order chi connectivity index (χ1) is 28.4. The second kappa shape index (κ2) is 27.1. The molecule has 0 saturated heterocycles. The molecule has 0 aliphatic carbocycles. The molecule has 376 valence electrons. The molecule has 0 radical (unpaired) electrons. The Morgan fingerprint density at radius 2 is 0.266 bits per heavy atom. The van der Waals surface area contributed by atoms with Crippen LogP contribution in [0, 0.1) is 0 Å². The smallest absolute Gasteiger partial charge is 0.290 e. The van der Waals surface area contributed by atoms with Crippen molar-refractivity contribution in [2.45, 2.75) is 0 Å². The first-order valence-electron chi connectivity index (χ1n) is 12.2. The lowest BCUT2D eigenvalue weighted by Crippen LogP contribution is -2.38. The summed E-state index contributed by atoms with van der Waals surface area (Å²) in [5.41, 5.74) is 8.11. The molecular weight excluding hydrogens is 1090 g/mol. The van der Waals surface area contributed by atoms with Gasteiger partial charge in [-0.05, 0) is 0 Å². The summed E-state index contributed by atoms with van der Waals surface area (Å²) in [5.74, 6) is -10.2. The monoisotopic (exact) mass is 1110 g/mol. The van der Waals surface area contributed by atoms with Gasteiger partial charge in [-0.2, -0.15) is 67.3 Å². The van der Waals surface area contributed by atoms with Gasteiger partial charge in [0.25, 0.3) is 0 Å². The molecule has 0 aromatic rings. The standard InChI is InChI=1S/4C2H6N4O8S2/c4*7-3-1(5-15(9,10)11)2(4-8)6-16(12,13)14/h4*7-8H,(H,3,5)(H,4,6)(H,9,10,11)(H,12,13,14). The minimum absolute atomic E-state index is 1.01. The van der Waals surface area contributed by atoms with Gasteiger partial charge in [0.1, 0.15) is 0 Å². The molecule has 24 N–H and O–H groups in total. The van der Waals surface area contributed by atoms with Crippen LogP contribution < -0.4 is 43.8 Å². The Hall–Kier alpha value is -5.28. The highest BCUT2D eigenvalue weighted by molar-refractivity contribution is 7.86. The number of amidine groups is 8. The van der Waals surface area contributed by atoms with E-state index in [0.717, 1.165) is 43.8 Å². The van der Waals surface area contributed by atoms with Gasteiger partial charge in [-0.15, -0.1) is 35.2 Å². The van der Waals surface area contributed by atoms with Crippen molar-refractivity contribution in [1.29, 1.82) is 0 Å². The lowest BCUT2D eigenvalue weighted by atomic mass is 10.6. The van der Waals surface area contributed by atoms with E-state index in [9.17, 15) is 67.3 Å². The second-order valence-electron chi connectivity index (χ2n) is 8.00. The molecular formula is C8H24N16O32S8. The Kier molecular flexibility index (Phi) is 27.7. The van der Waals surface area contributed by atoms with Crippen LogP contribution in [0.15, 0.2) is 35.2 Å². The van der Waals surface area contributed by atoms with Crippen LogP contribution in [-0.4, -0.2) is 192 Å². The van der Waals surface area contributed by atoms with Gasteiger partial charge in [0.05, 0.1) is 0 Å². The highest BCUT2D eigenvalue weighted by Crippen LogP contribution is 1.94. The maximum absolute atomic E-state index is 10.2. The summed E-state index contributed by atoms with van der Waals surface area (Å²) >= 11 is 0.